The van der Waals surface area contributed by atoms with Gasteiger partial charge in [0.05, 0.1) is 11.2 Å². The van der Waals surface area contributed by atoms with Crippen molar-refractivity contribution in [1.29, 1.82) is 0 Å². The standard InChI is InChI=1S/C25H30N2O/c1-7-21-19-11-18(4)15-25(21,27(5)6)22-8-9-24(26-23(22)14-19)28-20-12-16(2)10-17(3)13-20/h7-13,19,21H,1,14-15H2,2-6H3/t19-,21+,25+/m0/s1. The van der Waals surface area contributed by atoms with E-state index in [2.05, 4.69) is 82.8 Å². The number of nitrogens with zero attached hydrogens (tertiary/aromatic N) is 2. The first-order valence-corrected chi connectivity index (χ1v) is 10.1. The molecular formula is C25H30N2O. The Morgan fingerprint density at radius 1 is 1.14 bits per heavy atom. The molecule has 2 aliphatic carbocycles. The summed E-state index contributed by atoms with van der Waals surface area (Å²) in [7, 11) is 4.36. The van der Waals surface area contributed by atoms with E-state index in [0.717, 1.165) is 24.3 Å². The van der Waals surface area contributed by atoms with Crippen molar-refractivity contribution in [3.63, 3.8) is 0 Å². The Morgan fingerprint density at radius 3 is 2.50 bits per heavy atom. The molecule has 1 heterocycles. The molecule has 3 heteroatoms. The molecule has 146 valence electrons. The van der Waals surface area contributed by atoms with Gasteiger partial charge in [0.2, 0.25) is 5.88 Å². The molecule has 0 amide bonds. The summed E-state index contributed by atoms with van der Waals surface area (Å²) in [4.78, 5) is 7.33. The number of hydrogen-bond acceptors (Lipinski definition) is 3. The quantitative estimate of drug-likeness (QED) is 0.654. The maximum absolute atomic E-state index is 6.14. The van der Waals surface area contributed by atoms with Crippen LogP contribution in [-0.4, -0.2) is 24.0 Å². The Kier molecular flexibility index (Phi) is 4.67. The van der Waals surface area contributed by atoms with Gasteiger partial charge in [0.15, 0.2) is 0 Å². The highest BCUT2D eigenvalue weighted by Crippen LogP contribution is 2.53. The van der Waals surface area contributed by atoms with Crippen molar-refractivity contribution in [3.05, 3.63) is 77.0 Å². The minimum absolute atomic E-state index is 0.0791. The SMILES string of the molecule is C=C[C@@H]1[C@H]2C=C(C)C[C@]1(N(C)C)c1ccc(Oc3cc(C)cc(C)c3)nc1C2. The summed E-state index contributed by atoms with van der Waals surface area (Å²) < 4.78 is 6.14. The fourth-order valence-corrected chi connectivity index (χ4v) is 5.38. The second-order valence-electron chi connectivity index (χ2n) is 8.71. The zero-order chi connectivity index (χ0) is 20.1. The third-order valence-corrected chi connectivity index (χ3v) is 6.37. The van der Waals surface area contributed by atoms with E-state index in [9.17, 15) is 0 Å². The zero-order valence-corrected chi connectivity index (χ0v) is 17.6. The maximum atomic E-state index is 6.14. The molecule has 0 fully saturated rings. The summed E-state index contributed by atoms with van der Waals surface area (Å²) in [5, 5.41) is 0. The molecule has 0 saturated heterocycles. The lowest BCUT2D eigenvalue weighted by Crippen LogP contribution is -2.54. The van der Waals surface area contributed by atoms with Gasteiger partial charge in [-0.3, -0.25) is 4.90 Å². The number of allylic oxidation sites excluding steroid dienone is 1. The summed E-state index contributed by atoms with van der Waals surface area (Å²) in [6.45, 7) is 10.6. The number of pyridine rings is 1. The minimum atomic E-state index is -0.0791. The fourth-order valence-electron chi connectivity index (χ4n) is 5.38. The van der Waals surface area contributed by atoms with E-state index in [4.69, 9.17) is 9.72 Å². The summed E-state index contributed by atoms with van der Waals surface area (Å²) in [5.41, 5.74) is 6.25. The van der Waals surface area contributed by atoms with Crippen molar-refractivity contribution < 1.29 is 4.74 Å². The van der Waals surface area contributed by atoms with Gasteiger partial charge in [-0.05, 0) is 88.5 Å². The molecule has 1 aromatic heterocycles. The maximum Gasteiger partial charge on any atom is 0.219 e. The molecule has 0 radical (unpaired) electrons. The summed E-state index contributed by atoms with van der Waals surface area (Å²) in [5.74, 6) is 2.35. The van der Waals surface area contributed by atoms with Gasteiger partial charge in [-0.15, -0.1) is 6.58 Å². The number of benzene rings is 1. The topological polar surface area (TPSA) is 25.4 Å². The van der Waals surface area contributed by atoms with Crippen molar-refractivity contribution in [2.75, 3.05) is 14.1 Å². The molecule has 3 nitrogen and oxygen atoms in total. The number of ether oxygens (including phenoxy) is 1. The van der Waals surface area contributed by atoms with E-state index in [0.29, 0.717) is 17.7 Å². The van der Waals surface area contributed by atoms with Crippen LogP contribution in [0.1, 0.15) is 35.7 Å². The Labute approximate surface area is 168 Å². The average molecular weight is 375 g/mol. The van der Waals surface area contributed by atoms with Crippen LogP contribution in [-0.2, 0) is 12.0 Å². The Morgan fingerprint density at radius 2 is 1.86 bits per heavy atom. The number of rotatable bonds is 4. The number of fused-ring (bicyclic) bond motifs is 4. The molecule has 1 aromatic carbocycles. The van der Waals surface area contributed by atoms with E-state index >= 15 is 0 Å². The van der Waals surface area contributed by atoms with Crippen molar-refractivity contribution in [1.82, 2.24) is 9.88 Å². The largest absolute Gasteiger partial charge is 0.439 e. The van der Waals surface area contributed by atoms with E-state index in [1.165, 1.54) is 22.3 Å². The molecule has 0 saturated carbocycles. The number of hydrogen-bond donors (Lipinski definition) is 0. The van der Waals surface area contributed by atoms with Gasteiger partial charge in [-0.25, -0.2) is 4.98 Å². The van der Waals surface area contributed by atoms with Crippen molar-refractivity contribution in [2.45, 2.75) is 39.2 Å². The van der Waals surface area contributed by atoms with Crippen LogP contribution in [0.3, 0.4) is 0 Å². The predicted molar refractivity (Wildman–Crippen MR) is 115 cm³/mol. The third kappa shape index (κ3) is 2.98. The lowest BCUT2D eigenvalue weighted by atomic mass is 9.59. The number of aryl methyl sites for hydroxylation is 2. The van der Waals surface area contributed by atoms with Gasteiger partial charge < -0.3 is 4.74 Å². The van der Waals surface area contributed by atoms with Gasteiger partial charge in [0.1, 0.15) is 5.75 Å². The molecule has 0 unspecified atom stereocenters. The summed E-state index contributed by atoms with van der Waals surface area (Å²) in [6.07, 6.45) is 6.52. The number of aromatic nitrogens is 1. The molecule has 0 aliphatic heterocycles. The van der Waals surface area contributed by atoms with Crippen LogP contribution in [0.5, 0.6) is 11.6 Å². The highest BCUT2D eigenvalue weighted by atomic mass is 16.5. The summed E-state index contributed by atoms with van der Waals surface area (Å²) in [6, 6.07) is 10.5. The molecule has 2 aliphatic rings. The Balaban J connectivity index is 1.77. The van der Waals surface area contributed by atoms with Gasteiger partial charge in [0.25, 0.3) is 0 Å². The van der Waals surface area contributed by atoms with Crippen LogP contribution < -0.4 is 4.74 Å². The predicted octanol–water partition coefficient (Wildman–Crippen LogP) is 5.57. The lowest BCUT2D eigenvalue weighted by Gasteiger charge is -2.54. The van der Waals surface area contributed by atoms with Crippen LogP contribution in [0, 0.1) is 25.7 Å². The lowest BCUT2D eigenvalue weighted by molar-refractivity contribution is 0.0537. The fraction of sp³-hybridized carbons (Fsp3) is 0.400. The second kappa shape index (κ2) is 6.89. The molecular weight excluding hydrogens is 344 g/mol. The van der Waals surface area contributed by atoms with Gasteiger partial charge in [-0.2, -0.15) is 0 Å². The second-order valence-corrected chi connectivity index (χ2v) is 8.71. The van der Waals surface area contributed by atoms with Crippen molar-refractivity contribution in [2.24, 2.45) is 11.8 Å². The van der Waals surface area contributed by atoms with Crippen LogP contribution in [0.25, 0.3) is 0 Å². The normalized spacial score (nSPS) is 25.9. The van der Waals surface area contributed by atoms with E-state index in [1.54, 1.807) is 0 Å². The monoisotopic (exact) mass is 374 g/mol. The third-order valence-electron chi connectivity index (χ3n) is 6.37. The van der Waals surface area contributed by atoms with Crippen LogP contribution >= 0.6 is 0 Å². The molecule has 4 rings (SSSR count). The highest BCUT2D eigenvalue weighted by molar-refractivity contribution is 5.43. The van der Waals surface area contributed by atoms with Crippen molar-refractivity contribution in [3.8, 4) is 11.6 Å². The summed E-state index contributed by atoms with van der Waals surface area (Å²) >= 11 is 0. The Bertz CT molecular complexity index is 939. The van der Waals surface area contributed by atoms with Crippen LogP contribution in [0.15, 0.2) is 54.6 Å². The van der Waals surface area contributed by atoms with E-state index in [-0.39, 0.29) is 5.54 Å². The zero-order valence-electron chi connectivity index (χ0n) is 17.6. The van der Waals surface area contributed by atoms with Crippen LogP contribution in [0.4, 0.5) is 0 Å². The van der Waals surface area contributed by atoms with Crippen LogP contribution in [0.2, 0.25) is 0 Å². The van der Waals surface area contributed by atoms with Gasteiger partial charge >= 0.3 is 0 Å². The smallest absolute Gasteiger partial charge is 0.219 e. The van der Waals surface area contributed by atoms with Gasteiger partial charge in [-0.1, -0.05) is 23.8 Å². The molecule has 28 heavy (non-hydrogen) atoms. The Hall–Kier alpha value is -2.39. The van der Waals surface area contributed by atoms with E-state index < -0.39 is 0 Å². The average Bonchev–Trinajstić information content (AvgIpc) is 2.59. The first-order chi connectivity index (χ1) is 13.3. The molecule has 0 N–H and O–H groups in total. The van der Waals surface area contributed by atoms with E-state index in [1.807, 2.05) is 6.07 Å². The molecule has 0 spiro atoms. The minimum Gasteiger partial charge on any atom is -0.439 e. The molecule has 3 atom stereocenters. The molecule has 2 aromatic rings. The molecule has 2 bridgehead atoms. The van der Waals surface area contributed by atoms with Gasteiger partial charge in [0, 0.05) is 12.0 Å². The van der Waals surface area contributed by atoms with Crippen molar-refractivity contribution >= 4 is 0 Å². The first-order valence-electron chi connectivity index (χ1n) is 10.1. The first kappa shape index (κ1) is 18.9. The highest BCUT2D eigenvalue weighted by Gasteiger charge is 2.51.